The molecule has 1 aromatic heterocycles. The lowest BCUT2D eigenvalue weighted by molar-refractivity contribution is -0.120. The molecule has 0 N–H and O–H groups in total. The first kappa shape index (κ1) is 19.7. The standard InChI is InChI=1S/C24H21N5O3/c1-31-19-11-7-10-18(14-19)24-25-27-28(26-24)15-23(30)29-20-12-5-6-13-22(20)32-16-21(29)17-8-3-2-4-9-17/h2-14,21H,15-16H2,1H3/t21-/m0/s1. The fraction of sp³-hybridized carbons (Fsp3) is 0.167. The van der Waals surface area contributed by atoms with Crippen molar-refractivity contribution in [3.8, 4) is 22.9 Å². The fourth-order valence-electron chi connectivity index (χ4n) is 3.80. The highest BCUT2D eigenvalue weighted by Crippen LogP contribution is 2.39. The molecule has 8 heteroatoms. The molecule has 0 saturated carbocycles. The minimum absolute atomic E-state index is 0.0470. The number of carbonyl (C=O) groups is 1. The highest BCUT2D eigenvalue weighted by Gasteiger charge is 2.33. The van der Waals surface area contributed by atoms with Gasteiger partial charge in [0.25, 0.3) is 5.91 Å². The van der Waals surface area contributed by atoms with E-state index in [0.29, 0.717) is 23.9 Å². The smallest absolute Gasteiger partial charge is 0.251 e. The molecule has 1 aliphatic heterocycles. The van der Waals surface area contributed by atoms with Gasteiger partial charge in [-0.2, -0.15) is 4.80 Å². The molecular weight excluding hydrogens is 406 g/mol. The van der Waals surface area contributed by atoms with Crippen molar-refractivity contribution in [2.24, 2.45) is 0 Å². The second kappa shape index (κ2) is 8.50. The lowest BCUT2D eigenvalue weighted by Gasteiger charge is -2.37. The summed E-state index contributed by atoms with van der Waals surface area (Å²) in [4.78, 5) is 16.6. The Morgan fingerprint density at radius 1 is 1.06 bits per heavy atom. The van der Waals surface area contributed by atoms with Crippen molar-refractivity contribution in [1.82, 2.24) is 20.2 Å². The van der Waals surface area contributed by atoms with Gasteiger partial charge in [-0.1, -0.05) is 54.6 Å². The number of aromatic nitrogens is 4. The number of fused-ring (bicyclic) bond motifs is 1. The molecule has 8 nitrogen and oxygen atoms in total. The molecule has 1 aliphatic rings. The van der Waals surface area contributed by atoms with Crippen molar-refractivity contribution >= 4 is 11.6 Å². The number of rotatable bonds is 5. The summed E-state index contributed by atoms with van der Waals surface area (Å²) in [6.07, 6.45) is 0. The lowest BCUT2D eigenvalue weighted by atomic mass is 10.0. The summed E-state index contributed by atoms with van der Waals surface area (Å²) in [6.45, 7) is 0.321. The second-order valence-corrected chi connectivity index (χ2v) is 7.34. The van der Waals surface area contributed by atoms with Crippen LogP contribution in [0.5, 0.6) is 11.5 Å². The van der Waals surface area contributed by atoms with Gasteiger partial charge in [-0.3, -0.25) is 9.69 Å². The maximum Gasteiger partial charge on any atom is 0.251 e. The third kappa shape index (κ3) is 3.78. The van der Waals surface area contributed by atoms with Crippen LogP contribution < -0.4 is 14.4 Å². The van der Waals surface area contributed by atoms with Crippen LogP contribution in [0.2, 0.25) is 0 Å². The normalized spacial score (nSPS) is 15.0. The zero-order valence-electron chi connectivity index (χ0n) is 17.5. The van der Waals surface area contributed by atoms with Gasteiger partial charge in [0.1, 0.15) is 24.7 Å². The van der Waals surface area contributed by atoms with E-state index in [1.165, 1.54) is 4.80 Å². The van der Waals surface area contributed by atoms with Crippen LogP contribution in [0.4, 0.5) is 5.69 Å². The van der Waals surface area contributed by atoms with Gasteiger partial charge in [-0.05, 0) is 35.0 Å². The summed E-state index contributed by atoms with van der Waals surface area (Å²) in [6, 6.07) is 24.5. The largest absolute Gasteiger partial charge is 0.497 e. The highest BCUT2D eigenvalue weighted by molar-refractivity contribution is 5.96. The maximum atomic E-state index is 13.5. The van der Waals surface area contributed by atoms with Crippen molar-refractivity contribution in [1.29, 1.82) is 0 Å². The van der Waals surface area contributed by atoms with Crippen molar-refractivity contribution in [2.45, 2.75) is 12.6 Å². The van der Waals surface area contributed by atoms with E-state index in [1.54, 1.807) is 12.0 Å². The van der Waals surface area contributed by atoms with Crippen LogP contribution in [0, 0.1) is 0 Å². The Labute approximate surface area is 185 Å². The van der Waals surface area contributed by atoms with Crippen LogP contribution in [-0.2, 0) is 11.3 Å². The average Bonchev–Trinajstić information content (AvgIpc) is 3.32. The quantitative estimate of drug-likeness (QED) is 0.485. The first-order chi connectivity index (χ1) is 15.7. The van der Waals surface area contributed by atoms with E-state index in [0.717, 1.165) is 16.8 Å². The molecule has 0 radical (unpaired) electrons. The number of hydrogen-bond acceptors (Lipinski definition) is 6. The van der Waals surface area contributed by atoms with E-state index in [2.05, 4.69) is 15.4 Å². The molecule has 5 rings (SSSR count). The Hall–Kier alpha value is -4.20. The zero-order valence-corrected chi connectivity index (χ0v) is 17.5. The Morgan fingerprint density at radius 3 is 2.72 bits per heavy atom. The highest BCUT2D eigenvalue weighted by atomic mass is 16.5. The number of nitrogens with zero attached hydrogens (tertiary/aromatic N) is 5. The van der Waals surface area contributed by atoms with Gasteiger partial charge in [0.15, 0.2) is 0 Å². The van der Waals surface area contributed by atoms with Gasteiger partial charge in [0, 0.05) is 5.56 Å². The summed E-state index contributed by atoms with van der Waals surface area (Å²) in [5.74, 6) is 1.66. The molecule has 2 heterocycles. The minimum Gasteiger partial charge on any atom is -0.497 e. The molecule has 0 unspecified atom stereocenters. The second-order valence-electron chi connectivity index (χ2n) is 7.34. The maximum absolute atomic E-state index is 13.5. The molecule has 0 bridgehead atoms. The van der Waals surface area contributed by atoms with Crippen molar-refractivity contribution in [3.05, 3.63) is 84.4 Å². The molecule has 3 aromatic carbocycles. The predicted octanol–water partition coefficient (Wildman–Crippen LogP) is 3.52. The number of benzene rings is 3. The monoisotopic (exact) mass is 427 g/mol. The average molecular weight is 427 g/mol. The Bertz CT molecular complexity index is 1240. The third-order valence-corrected chi connectivity index (χ3v) is 5.34. The van der Waals surface area contributed by atoms with E-state index in [9.17, 15) is 4.79 Å². The molecule has 4 aromatic rings. The van der Waals surface area contributed by atoms with E-state index in [4.69, 9.17) is 9.47 Å². The number of hydrogen-bond donors (Lipinski definition) is 0. The van der Waals surface area contributed by atoms with Crippen molar-refractivity contribution in [2.75, 3.05) is 18.6 Å². The van der Waals surface area contributed by atoms with Gasteiger partial charge >= 0.3 is 0 Å². The first-order valence-electron chi connectivity index (χ1n) is 10.2. The molecule has 0 saturated heterocycles. The summed E-state index contributed by atoms with van der Waals surface area (Å²) in [7, 11) is 1.60. The summed E-state index contributed by atoms with van der Waals surface area (Å²) in [5.41, 5.74) is 2.49. The number of anilines is 1. The Balaban J connectivity index is 1.44. The number of methoxy groups -OCH3 is 1. The Kier molecular flexibility index (Phi) is 5.25. The molecule has 0 spiro atoms. The minimum atomic E-state index is -0.250. The third-order valence-electron chi connectivity index (χ3n) is 5.34. The van der Waals surface area contributed by atoms with Gasteiger partial charge in [-0.25, -0.2) is 0 Å². The molecule has 160 valence electrons. The van der Waals surface area contributed by atoms with Crippen molar-refractivity contribution in [3.63, 3.8) is 0 Å². The van der Waals surface area contributed by atoms with Crippen molar-refractivity contribution < 1.29 is 14.3 Å². The van der Waals surface area contributed by atoms with Crippen LogP contribution in [0.15, 0.2) is 78.9 Å². The van der Waals surface area contributed by atoms with Crippen LogP contribution in [0.1, 0.15) is 11.6 Å². The zero-order chi connectivity index (χ0) is 21.9. The topological polar surface area (TPSA) is 82.4 Å². The molecule has 32 heavy (non-hydrogen) atoms. The van der Waals surface area contributed by atoms with Crippen LogP contribution >= 0.6 is 0 Å². The summed E-state index contributed by atoms with van der Waals surface area (Å²) in [5, 5.41) is 12.6. The lowest BCUT2D eigenvalue weighted by Crippen LogP contribution is -2.43. The van der Waals surface area contributed by atoms with E-state index < -0.39 is 0 Å². The van der Waals surface area contributed by atoms with Crippen LogP contribution in [-0.4, -0.2) is 39.8 Å². The van der Waals surface area contributed by atoms with E-state index in [1.807, 2.05) is 78.9 Å². The molecule has 0 fully saturated rings. The van der Waals surface area contributed by atoms with Gasteiger partial charge < -0.3 is 9.47 Å². The van der Waals surface area contributed by atoms with E-state index >= 15 is 0 Å². The SMILES string of the molecule is COc1cccc(-c2nnn(CC(=O)N3c4ccccc4OC[C@H]3c3ccccc3)n2)c1. The number of amides is 1. The number of carbonyl (C=O) groups excluding carboxylic acids is 1. The number of tetrazole rings is 1. The summed E-state index contributed by atoms with van der Waals surface area (Å²) >= 11 is 0. The molecule has 1 amide bonds. The van der Waals surface area contributed by atoms with E-state index in [-0.39, 0.29) is 18.5 Å². The number of ether oxygens (including phenoxy) is 2. The first-order valence-corrected chi connectivity index (χ1v) is 10.2. The summed E-state index contributed by atoms with van der Waals surface area (Å²) < 4.78 is 11.2. The number of para-hydroxylation sites is 2. The Morgan fingerprint density at radius 2 is 1.88 bits per heavy atom. The molecular formula is C24H21N5O3. The van der Waals surface area contributed by atoms with Gasteiger partial charge in [0.05, 0.1) is 18.8 Å². The van der Waals surface area contributed by atoms with Crippen LogP contribution in [0.25, 0.3) is 11.4 Å². The predicted molar refractivity (Wildman–Crippen MR) is 118 cm³/mol. The van der Waals surface area contributed by atoms with Gasteiger partial charge in [-0.15, -0.1) is 10.2 Å². The molecule has 1 atom stereocenters. The van der Waals surface area contributed by atoms with Gasteiger partial charge in [0.2, 0.25) is 5.82 Å². The fourth-order valence-corrected chi connectivity index (χ4v) is 3.80. The molecule has 0 aliphatic carbocycles. The van der Waals surface area contributed by atoms with Crippen LogP contribution in [0.3, 0.4) is 0 Å².